The quantitative estimate of drug-likeness (QED) is 0.230. The Labute approximate surface area is 44.9 Å². The third kappa shape index (κ3) is 5.07. The van der Waals surface area contributed by atoms with Crippen LogP contribution in [0.25, 0.3) is 0 Å². The molecule has 7 heavy (non-hydrogen) atoms. The van der Waals surface area contributed by atoms with Crippen LogP contribution in [0.4, 0.5) is 4.79 Å². The van der Waals surface area contributed by atoms with E-state index in [-0.39, 0.29) is 0 Å². The molecule has 0 aliphatic carbocycles. The van der Waals surface area contributed by atoms with Crippen LogP contribution in [0.1, 0.15) is 0 Å². The van der Waals surface area contributed by atoms with Crippen molar-refractivity contribution in [1.29, 1.82) is 0 Å². The fourth-order valence-corrected chi connectivity index (χ4v) is 0.101. The third-order valence-electron chi connectivity index (χ3n) is 0.173. The summed E-state index contributed by atoms with van der Waals surface area (Å²) in [5.41, 5.74) is 4.44. The Bertz CT molecular complexity index is 117. The summed E-state index contributed by atoms with van der Waals surface area (Å²) in [6.07, 6.45) is -0.989. The van der Waals surface area contributed by atoms with Gasteiger partial charge in [-0.1, -0.05) is 0 Å². The normalized spacial score (nSPS) is 6.29. The number of carbonyl (C=O) groups is 1. The minimum Gasteiger partial charge on any atom is -0.333 e. The first-order valence-corrected chi connectivity index (χ1v) is 1.72. The molecule has 0 bridgehead atoms. The molecule has 1 amide bonds. The van der Waals surface area contributed by atoms with E-state index in [0.717, 1.165) is 0 Å². The molecule has 0 atom stereocenters. The molecule has 0 aromatic rings. The maximum Gasteiger partial charge on any atom is 0.431 e. The van der Waals surface area contributed by atoms with E-state index in [1.807, 2.05) is 0 Å². The maximum absolute atomic E-state index is 9.58. The van der Waals surface area contributed by atoms with E-state index in [1.165, 1.54) is 0 Å². The van der Waals surface area contributed by atoms with Gasteiger partial charge >= 0.3 is 6.09 Å². The van der Waals surface area contributed by atoms with Gasteiger partial charge in [0, 0.05) is 0 Å². The molecule has 0 aliphatic rings. The Morgan fingerprint density at radius 1 is 2.00 bits per heavy atom. The van der Waals surface area contributed by atoms with Crippen LogP contribution < -0.4 is 5.73 Å². The summed E-state index contributed by atoms with van der Waals surface area (Å²) in [6.45, 7) is 0. The number of rotatable bonds is 1. The van der Waals surface area contributed by atoms with E-state index in [9.17, 15) is 4.79 Å². The van der Waals surface area contributed by atoms with Crippen LogP contribution in [0.2, 0.25) is 0 Å². The van der Waals surface area contributed by atoms with Crippen molar-refractivity contribution in [2.45, 2.75) is 0 Å². The van der Waals surface area contributed by atoms with Crippen molar-refractivity contribution < 1.29 is 9.63 Å². The molecule has 0 radical (unpaired) electrons. The molecule has 0 fully saturated rings. The van der Waals surface area contributed by atoms with Crippen LogP contribution in [-0.4, -0.2) is 11.3 Å². The monoisotopic (exact) mass is 118 g/mol. The third-order valence-corrected chi connectivity index (χ3v) is 0.247. The van der Waals surface area contributed by atoms with Gasteiger partial charge in [-0.15, -0.1) is 0 Å². The molecule has 0 unspecified atom stereocenters. The average molecular weight is 118 g/mol. The second-order valence-electron chi connectivity index (χ2n) is 0.593. The van der Waals surface area contributed by atoms with E-state index < -0.39 is 6.09 Å². The predicted molar refractivity (Wildman–Crippen MR) is 25.7 cm³/mol. The Kier molecular flexibility index (Phi) is 2.83. The summed E-state index contributed by atoms with van der Waals surface area (Å²) in [4.78, 5) is 13.3. The van der Waals surface area contributed by atoms with Gasteiger partial charge in [-0.2, -0.15) is 0 Å². The first-order valence-electron chi connectivity index (χ1n) is 1.31. The summed E-state index contributed by atoms with van der Waals surface area (Å²) in [5, 5.41) is 4.55. The Balaban J connectivity index is 3.32. The minimum absolute atomic E-state index is 0.989. The Hall–Kier alpha value is -0.930. The van der Waals surface area contributed by atoms with Crippen molar-refractivity contribution in [1.82, 2.24) is 0 Å². The molecule has 4 nitrogen and oxygen atoms in total. The van der Waals surface area contributed by atoms with Gasteiger partial charge in [0.05, 0.1) is 0 Å². The van der Waals surface area contributed by atoms with E-state index in [1.54, 1.807) is 5.16 Å². The summed E-state index contributed by atoms with van der Waals surface area (Å²) in [6, 6.07) is 0. The van der Waals surface area contributed by atoms with Crippen LogP contribution in [-0.2, 0) is 4.84 Å². The van der Waals surface area contributed by atoms with Crippen molar-refractivity contribution in [3.63, 3.8) is 0 Å². The zero-order chi connectivity index (χ0) is 5.70. The number of carbonyl (C=O) groups excluding carboxylic acids is 1. The number of nitrogens with two attached hydrogens (primary N) is 1. The Morgan fingerprint density at radius 2 is 2.57 bits per heavy atom. The van der Waals surface area contributed by atoms with Gasteiger partial charge in [-0.3, -0.25) is 4.84 Å². The minimum atomic E-state index is -0.989. The highest BCUT2D eigenvalue weighted by Gasteiger charge is 1.83. The van der Waals surface area contributed by atoms with Gasteiger partial charge in [0.1, 0.15) is 5.16 Å². The first-order chi connectivity index (χ1) is 3.27. The second kappa shape index (κ2) is 3.27. The lowest BCUT2D eigenvalue weighted by Gasteiger charge is -1.79. The number of hydrogen-bond acceptors (Lipinski definition) is 4. The number of primary amides is 1. The van der Waals surface area contributed by atoms with Crippen LogP contribution in [0.3, 0.4) is 0 Å². The number of isothiocyanates is 1. The largest absolute Gasteiger partial charge is 0.431 e. The van der Waals surface area contributed by atoms with Gasteiger partial charge in [-0.25, -0.2) is 4.79 Å². The van der Waals surface area contributed by atoms with Crippen molar-refractivity contribution >= 4 is 23.5 Å². The van der Waals surface area contributed by atoms with Gasteiger partial charge in [0.2, 0.25) is 0 Å². The maximum atomic E-state index is 9.58. The summed E-state index contributed by atoms with van der Waals surface area (Å²) in [5.74, 6) is 0. The molecule has 0 aromatic carbocycles. The lowest BCUT2D eigenvalue weighted by molar-refractivity contribution is 0.163. The van der Waals surface area contributed by atoms with Gasteiger partial charge < -0.3 is 5.73 Å². The molecular weight excluding hydrogens is 116 g/mol. The summed E-state index contributed by atoms with van der Waals surface area (Å²) in [7, 11) is 0. The highest BCUT2D eigenvalue weighted by Crippen LogP contribution is 1.67. The second-order valence-corrected chi connectivity index (χ2v) is 0.775. The number of amides is 1. The zero-order valence-electron chi connectivity index (χ0n) is 3.25. The lowest BCUT2D eigenvalue weighted by Crippen LogP contribution is -2.08. The molecule has 0 aromatic heterocycles. The average Bonchev–Trinajstić information content (AvgIpc) is 1.61. The molecule has 0 rings (SSSR count). The molecule has 5 heteroatoms. The highest BCUT2D eigenvalue weighted by atomic mass is 32.1. The fourth-order valence-electron chi connectivity index (χ4n) is 0.0636. The molecule has 0 heterocycles. The van der Waals surface area contributed by atoms with E-state index in [2.05, 4.69) is 27.9 Å². The fraction of sp³-hybridized carbons (Fsp3) is 0. The SMILES string of the molecule is NC(=O)ON=C=S. The molecule has 0 aliphatic heterocycles. The standard InChI is InChI=1S/C2H2N2O2S/c3-2(5)6-4-1-7/h(H2,3,5). The van der Waals surface area contributed by atoms with Gasteiger partial charge in [-0.05, 0) is 17.4 Å². The smallest absolute Gasteiger partial charge is 0.333 e. The van der Waals surface area contributed by atoms with Crippen molar-refractivity contribution in [2.24, 2.45) is 10.9 Å². The van der Waals surface area contributed by atoms with Gasteiger partial charge in [0.15, 0.2) is 0 Å². The van der Waals surface area contributed by atoms with Crippen LogP contribution in [0.5, 0.6) is 0 Å². The first kappa shape index (κ1) is 6.07. The van der Waals surface area contributed by atoms with Crippen LogP contribution in [0, 0.1) is 0 Å². The van der Waals surface area contributed by atoms with Crippen molar-refractivity contribution in [3.05, 3.63) is 0 Å². The van der Waals surface area contributed by atoms with E-state index >= 15 is 0 Å². The number of thiocarbonyl (C=S) groups is 1. The highest BCUT2D eigenvalue weighted by molar-refractivity contribution is 7.78. The molecular formula is C2H2N2O2S. The molecule has 0 saturated heterocycles. The summed E-state index contributed by atoms with van der Waals surface area (Å²) >= 11 is 4.02. The number of nitrogens with zero attached hydrogens (tertiary/aromatic N) is 1. The molecule has 2 N–H and O–H groups in total. The van der Waals surface area contributed by atoms with E-state index in [0.29, 0.717) is 0 Å². The topological polar surface area (TPSA) is 64.7 Å². The van der Waals surface area contributed by atoms with Crippen LogP contribution >= 0.6 is 12.2 Å². The van der Waals surface area contributed by atoms with Crippen molar-refractivity contribution in [3.8, 4) is 0 Å². The molecule has 0 spiro atoms. The van der Waals surface area contributed by atoms with Crippen LogP contribution in [0.15, 0.2) is 5.16 Å². The summed E-state index contributed by atoms with van der Waals surface area (Å²) < 4.78 is 0. The molecule has 0 saturated carbocycles. The predicted octanol–water partition coefficient (Wildman–Crippen LogP) is 0.0995. The van der Waals surface area contributed by atoms with Crippen molar-refractivity contribution in [2.75, 3.05) is 0 Å². The molecule has 38 valence electrons. The number of hydrogen-bond donors (Lipinski definition) is 1. The van der Waals surface area contributed by atoms with E-state index in [4.69, 9.17) is 0 Å². The lowest BCUT2D eigenvalue weighted by atomic mass is 11.3. The van der Waals surface area contributed by atoms with Gasteiger partial charge in [0.25, 0.3) is 0 Å². The zero-order valence-corrected chi connectivity index (χ0v) is 4.07. The Morgan fingerprint density at radius 3 is 2.71 bits per heavy atom.